The summed E-state index contributed by atoms with van der Waals surface area (Å²) in [6.07, 6.45) is 2.14. The van der Waals surface area contributed by atoms with Crippen LogP contribution in [0.4, 0.5) is 0 Å². The van der Waals surface area contributed by atoms with Crippen LogP contribution >= 0.6 is 0 Å². The summed E-state index contributed by atoms with van der Waals surface area (Å²) >= 11 is 0. The molecule has 8 heteroatoms. The minimum Gasteiger partial charge on any atom is -0.338 e. The molecule has 0 aromatic carbocycles. The van der Waals surface area contributed by atoms with E-state index in [9.17, 15) is 14.4 Å². The van der Waals surface area contributed by atoms with Crippen molar-refractivity contribution in [1.82, 2.24) is 20.0 Å². The van der Waals surface area contributed by atoms with E-state index in [1.54, 1.807) is 11.9 Å². The Hall–Kier alpha value is -1.67. The molecule has 0 aliphatic carbocycles. The van der Waals surface area contributed by atoms with E-state index in [0.29, 0.717) is 26.1 Å². The summed E-state index contributed by atoms with van der Waals surface area (Å²) in [6.45, 7) is 3.39. The minimum atomic E-state index is -0.551. The van der Waals surface area contributed by atoms with Gasteiger partial charge in [-0.2, -0.15) is 0 Å². The molecule has 1 unspecified atom stereocenters. The van der Waals surface area contributed by atoms with Crippen molar-refractivity contribution in [3.63, 3.8) is 0 Å². The predicted octanol–water partition coefficient (Wildman–Crippen LogP) is -1.78. The van der Waals surface area contributed by atoms with Crippen molar-refractivity contribution < 1.29 is 14.4 Å². The van der Waals surface area contributed by atoms with Gasteiger partial charge in [0, 0.05) is 33.2 Å². The normalized spacial score (nSPS) is 20.9. The fraction of sp³-hybridized carbons (Fsp3) is 0.800. The summed E-state index contributed by atoms with van der Waals surface area (Å²) < 4.78 is 0. The molecule has 23 heavy (non-hydrogen) atoms. The molecule has 2 aliphatic rings. The highest BCUT2D eigenvalue weighted by Crippen LogP contribution is 2.16. The van der Waals surface area contributed by atoms with E-state index >= 15 is 0 Å². The Morgan fingerprint density at radius 1 is 1.17 bits per heavy atom. The Morgan fingerprint density at radius 3 is 2.52 bits per heavy atom. The van der Waals surface area contributed by atoms with Crippen LogP contribution in [0.3, 0.4) is 0 Å². The Balaban J connectivity index is 2.10. The van der Waals surface area contributed by atoms with Crippen LogP contribution in [-0.2, 0) is 14.4 Å². The summed E-state index contributed by atoms with van der Waals surface area (Å²) in [6, 6.07) is -0.551. The van der Waals surface area contributed by atoms with Crippen LogP contribution < -0.4 is 11.1 Å². The van der Waals surface area contributed by atoms with Gasteiger partial charge in [-0.1, -0.05) is 0 Å². The number of unbranched alkanes of at least 4 members (excludes halogenated alkanes) is 1. The lowest BCUT2D eigenvalue weighted by molar-refractivity contribution is -0.156. The summed E-state index contributed by atoms with van der Waals surface area (Å²) in [5.74, 6) is -0.330. The standard InChI is InChI=1S/C15H27N5O3/c1-18-10-14(22)20(11-13(18)21)12(4-2-3-5-16)15(23)19-8-6-17-7-9-19/h12,17H,2-11,16H2,1H3. The highest BCUT2D eigenvalue weighted by Gasteiger charge is 2.37. The Morgan fingerprint density at radius 2 is 1.87 bits per heavy atom. The van der Waals surface area contributed by atoms with Crippen LogP contribution in [0, 0.1) is 0 Å². The van der Waals surface area contributed by atoms with E-state index in [4.69, 9.17) is 5.73 Å². The van der Waals surface area contributed by atoms with E-state index in [1.807, 2.05) is 0 Å². The molecule has 2 saturated heterocycles. The Kier molecular flexibility index (Phi) is 6.35. The fourth-order valence-electron chi connectivity index (χ4n) is 3.01. The van der Waals surface area contributed by atoms with Gasteiger partial charge in [0.15, 0.2) is 0 Å². The van der Waals surface area contributed by atoms with E-state index in [2.05, 4.69) is 5.32 Å². The molecule has 130 valence electrons. The van der Waals surface area contributed by atoms with Crippen molar-refractivity contribution in [2.45, 2.75) is 25.3 Å². The van der Waals surface area contributed by atoms with Crippen LogP contribution in [0.2, 0.25) is 0 Å². The molecule has 3 amide bonds. The molecule has 2 heterocycles. The average molecular weight is 325 g/mol. The number of hydrogen-bond donors (Lipinski definition) is 2. The third-order valence-corrected chi connectivity index (χ3v) is 4.45. The molecule has 2 rings (SSSR count). The van der Waals surface area contributed by atoms with Gasteiger partial charge >= 0.3 is 0 Å². The van der Waals surface area contributed by atoms with Gasteiger partial charge in [0.05, 0.1) is 6.54 Å². The molecule has 0 aromatic rings. The Bertz CT molecular complexity index is 450. The van der Waals surface area contributed by atoms with Gasteiger partial charge in [0.2, 0.25) is 17.7 Å². The van der Waals surface area contributed by atoms with Gasteiger partial charge in [0.1, 0.15) is 12.6 Å². The number of nitrogens with one attached hydrogen (secondary N) is 1. The lowest BCUT2D eigenvalue weighted by atomic mass is 10.0. The summed E-state index contributed by atoms with van der Waals surface area (Å²) in [7, 11) is 1.61. The van der Waals surface area contributed by atoms with Crippen LogP contribution in [0.1, 0.15) is 19.3 Å². The molecule has 2 aliphatic heterocycles. The van der Waals surface area contributed by atoms with Crippen LogP contribution in [0.15, 0.2) is 0 Å². The minimum absolute atomic E-state index is 0.0134. The molecule has 0 aromatic heterocycles. The fourth-order valence-corrected chi connectivity index (χ4v) is 3.01. The number of carbonyl (C=O) groups excluding carboxylic acids is 3. The van der Waals surface area contributed by atoms with E-state index in [-0.39, 0.29) is 30.8 Å². The lowest BCUT2D eigenvalue weighted by Gasteiger charge is -2.39. The summed E-state index contributed by atoms with van der Waals surface area (Å²) in [4.78, 5) is 41.8. The third kappa shape index (κ3) is 4.42. The van der Waals surface area contributed by atoms with Crippen molar-refractivity contribution in [1.29, 1.82) is 0 Å². The topological polar surface area (TPSA) is 99.0 Å². The zero-order chi connectivity index (χ0) is 16.8. The number of hydrogen-bond acceptors (Lipinski definition) is 5. The first-order valence-corrected chi connectivity index (χ1v) is 8.27. The number of rotatable bonds is 6. The molecule has 3 N–H and O–H groups in total. The summed E-state index contributed by atoms with van der Waals surface area (Å²) in [5.41, 5.74) is 5.53. The number of carbonyl (C=O) groups is 3. The zero-order valence-corrected chi connectivity index (χ0v) is 13.8. The molecule has 8 nitrogen and oxygen atoms in total. The lowest BCUT2D eigenvalue weighted by Crippen LogP contribution is -2.61. The molecule has 0 saturated carbocycles. The molecule has 0 bridgehead atoms. The SMILES string of the molecule is CN1CC(=O)N(C(CCCCN)C(=O)N2CCNCC2)CC1=O. The second kappa shape index (κ2) is 8.26. The van der Waals surface area contributed by atoms with Gasteiger partial charge in [-0.25, -0.2) is 0 Å². The average Bonchev–Trinajstić information content (AvgIpc) is 2.56. The van der Waals surface area contributed by atoms with Gasteiger partial charge in [-0.05, 0) is 25.8 Å². The zero-order valence-electron chi connectivity index (χ0n) is 13.8. The number of amides is 3. The number of nitrogens with two attached hydrogens (primary N) is 1. The monoisotopic (exact) mass is 325 g/mol. The second-order valence-electron chi connectivity index (χ2n) is 6.15. The highest BCUT2D eigenvalue weighted by atomic mass is 16.2. The van der Waals surface area contributed by atoms with Crippen molar-refractivity contribution in [3.05, 3.63) is 0 Å². The van der Waals surface area contributed by atoms with Crippen molar-refractivity contribution >= 4 is 17.7 Å². The van der Waals surface area contributed by atoms with E-state index in [0.717, 1.165) is 25.9 Å². The highest BCUT2D eigenvalue weighted by molar-refractivity contribution is 5.96. The van der Waals surface area contributed by atoms with Crippen molar-refractivity contribution in [2.75, 3.05) is 52.9 Å². The van der Waals surface area contributed by atoms with Gasteiger partial charge in [-0.3, -0.25) is 14.4 Å². The first-order chi connectivity index (χ1) is 11.0. The maximum absolute atomic E-state index is 12.9. The largest absolute Gasteiger partial charge is 0.338 e. The van der Waals surface area contributed by atoms with Crippen LogP contribution in [0.5, 0.6) is 0 Å². The molecular formula is C15H27N5O3. The number of nitrogens with zero attached hydrogens (tertiary/aromatic N) is 3. The maximum atomic E-state index is 12.9. The van der Waals surface area contributed by atoms with Crippen molar-refractivity contribution in [2.24, 2.45) is 5.73 Å². The Labute approximate surface area is 136 Å². The van der Waals surface area contributed by atoms with Gasteiger partial charge < -0.3 is 25.8 Å². The molecule has 1 atom stereocenters. The van der Waals surface area contributed by atoms with E-state index in [1.165, 1.54) is 9.80 Å². The summed E-state index contributed by atoms with van der Waals surface area (Å²) in [5, 5.41) is 3.21. The first-order valence-electron chi connectivity index (χ1n) is 8.27. The molecule has 0 radical (unpaired) electrons. The molecule has 2 fully saturated rings. The van der Waals surface area contributed by atoms with Gasteiger partial charge in [0.25, 0.3) is 0 Å². The quantitative estimate of drug-likeness (QED) is 0.562. The second-order valence-corrected chi connectivity index (χ2v) is 6.15. The third-order valence-electron chi connectivity index (χ3n) is 4.45. The molecular weight excluding hydrogens is 298 g/mol. The van der Waals surface area contributed by atoms with E-state index < -0.39 is 6.04 Å². The smallest absolute Gasteiger partial charge is 0.245 e. The van der Waals surface area contributed by atoms with Crippen LogP contribution in [-0.4, -0.2) is 91.3 Å². The maximum Gasteiger partial charge on any atom is 0.245 e. The first kappa shape index (κ1) is 17.7. The molecule has 0 spiro atoms. The van der Waals surface area contributed by atoms with Crippen LogP contribution in [0.25, 0.3) is 0 Å². The van der Waals surface area contributed by atoms with Gasteiger partial charge in [-0.15, -0.1) is 0 Å². The number of piperazine rings is 2. The predicted molar refractivity (Wildman–Crippen MR) is 85.5 cm³/mol. The number of likely N-dealkylation sites (N-methyl/N-ethyl adjacent to an activating group) is 1. The van der Waals surface area contributed by atoms with Crippen molar-refractivity contribution in [3.8, 4) is 0 Å².